The Morgan fingerprint density at radius 1 is 1.40 bits per heavy atom. The lowest BCUT2D eigenvalue weighted by Crippen LogP contribution is -2.33. The maximum atomic E-state index is 12.2. The van der Waals surface area contributed by atoms with Gasteiger partial charge < -0.3 is 4.74 Å². The molecule has 10 heavy (non-hydrogen) atoms. The molecule has 1 aliphatic rings. The zero-order chi connectivity index (χ0) is 7.56. The molecular formula is C8H15FO. The van der Waals surface area contributed by atoms with Crippen LogP contribution < -0.4 is 0 Å². The van der Waals surface area contributed by atoms with Crippen molar-refractivity contribution in [3.8, 4) is 0 Å². The van der Waals surface area contributed by atoms with E-state index >= 15 is 0 Å². The van der Waals surface area contributed by atoms with E-state index in [9.17, 15) is 4.39 Å². The van der Waals surface area contributed by atoms with Crippen LogP contribution in [0.15, 0.2) is 0 Å². The Hall–Kier alpha value is -0.110. The molecule has 1 nitrogen and oxygen atoms in total. The van der Waals surface area contributed by atoms with Gasteiger partial charge in [0, 0.05) is 12.5 Å². The summed E-state index contributed by atoms with van der Waals surface area (Å²) in [6, 6.07) is 0. The van der Waals surface area contributed by atoms with Gasteiger partial charge in [-0.25, -0.2) is 0 Å². The second kappa shape index (κ2) is 3.33. The Morgan fingerprint density at radius 2 is 2.10 bits per heavy atom. The average Bonchev–Trinajstić information content (AvgIpc) is 1.95. The molecule has 60 valence electrons. The molecule has 0 bridgehead atoms. The van der Waals surface area contributed by atoms with Crippen LogP contribution in [0.25, 0.3) is 0 Å². The van der Waals surface area contributed by atoms with Gasteiger partial charge >= 0.3 is 0 Å². The summed E-state index contributed by atoms with van der Waals surface area (Å²) in [5, 5.41) is 0. The van der Waals surface area contributed by atoms with Gasteiger partial charge in [0.1, 0.15) is 0 Å². The maximum absolute atomic E-state index is 12.2. The Bertz CT molecular complexity index is 105. The lowest BCUT2D eigenvalue weighted by atomic mass is 9.84. The first kappa shape index (κ1) is 7.99. The van der Waals surface area contributed by atoms with Crippen LogP contribution in [0.4, 0.5) is 4.39 Å². The summed E-state index contributed by atoms with van der Waals surface area (Å²) in [4.78, 5) is 0. The van der Waals surface area contributed by atoms with Gasteiger partial charge in [-0.15, -0.1) is 0 Å². The highest BCUT2D eigenvalue weighted by Crippen LogP contribution is 2.26. The third-order valence-electron chi connectivity index (χ3n) is 2.55. The monoisotopic (exact) mass is 146 g/mol. The van der Waals surface area contributed by atoms with Crippen molar-refractivity contribution >= 4 is 0 Å². The number of hydrogen-bond donors (Lipinski definition) is 0. The lowest BCUT2D eigenvalue weighted by Gasteiger charge is -2.32. The fourth-order valence-corrected chi connectivity index (χ4v) is 1.36. The SMILES string of the molecule is C[C@@H]1[C@@H](CF)COC[C@@H]1C. The zero-order valence-corrected chi connectivity index (χ0v) is 6.64. The van der Waals surface area contributed by atoms with Crippen LogP contribution in [0.3, 0.4) is 0 Å². The van der Waals surface area contributed by atoms with E-state index in [4.69, 9.17) is 4.74 Å². The van der Waals surface area contributed by atoms with E-state index in [1.165, 1.54) is 0 Å². The van der Waals surface area contributed by atoms with Gasteiger partial charge in [-0.3, -0.25) is 4.39 Å². The summed E-state index contributed by atoms with van der Waals surface area (Å²) in [6.07, 6.45) is 0. The highest BCUT2D eigenvalue weighted by molar-refractivity contribution is 4.74. The molecule has 0 radical (unpaired) electrons. The van der Waals surface area contributed by atoms with E-state index in [-0.39, 0.29) is 12.6 Å². The van der Waals surface area contributed by atoms with Gasteiger partial charge in [0.25, 0.3) is 0 Å². The fraction of sp³-hybridized carbons (Fsp3) is 1.00. The van der Waals surface area contributed by atoms with E-state index in [1.54, 1.807) is 0 Å². The molecule has 3 atom stereocenters. The molecule has 1 saturated heterocycles. The number of alkyl halides is 1. The standard InChI is InChI=1S/C8H15FO/c1-6-4-10-5-8(3-9)7(6)2/h6-8H,3-5H2,1-2H3/t6-,7-,8-/m0/s1. The van der Waals surface area contributed by atoms with Gasteiger partial charge in [-0.1, -0.05) is 13.8 Å². The molecular weight excluding hydrogens is 131 g/mol. The third kappa shape index (κ3) is 1.48. The first-order valence-electron chi connectivity index (χ1n) is 3.89. The number of hydrogen-bond acceptors (Lipinski definition) is 1. The van der Waals surface area contributed by atoms with E-state index in [2.05, 4.69) is 13.8 Å². The topological polar surface area (TPSA) is 9.23 Å². The van der Waals surface area contributed by atoms with Crippen molar-refractivity contribution in [2.75, 3.05) is 19.9 Å². The Morgan fingerprint density at radius 3 is 2.60 bits per heavy atom. The highest BCUT2D eigenvalue weighted by Gasteiger charge is 2.27. The van der Waals surface area contributed by atoms with Crippen LogP contribution >= 0.6 is 0 Å². The normalized spacial score (nSPS) is 41.7. The molecule has 1 rings (SSSR count). The van der Waals surface area contributed by atoms with Gasteiger partial charge in [0.2, 0.25) is 0 Å². The Kier molecular flexibility index (Phi) is 2.66. The van der Waals surface area contributed by atoms with Crippen molar-refractivity contribution in [3.63, 3.8) is 0 Å². The Balaban J connectivity index is 2.42. The van der Waals surface area contributed by atoms with E-state index in [1.807, 2.05) is 0 Å². The molecule has 0 unspecified atom stereocenters. The molecule has 0 saturated carbocycles. The van der Waals surface area contributed by atoms with Gasteiger partial charge in [-0.2, -0.15) is 0 Å². The van der Waals surface area contributed by atoms with Crippen LogP contribution in [-0.4, -0.2) is 19.9 Å². The molecule has 0 aliphatic carbocycles. The van der Waals surface area contributed by atoms with Crippen molar-refractivity contribution in [1.29, 1.82) is 0 Å². The third-order valence-corrected chi connectivity index (χ3v) is 2.55. The molecule has 0 N–H and O–H groups in total. The molecule has 0 aromatic carbocycles. The largest absolute Gasteiger partial charge is 0.381 e. The van der Waals surface area contributed by atoms with Crippen molar-refractivity contribution < 1.29 is 9.13 Å². The molecule has 0 aromatic rings. The van der Waals surface area contributed by atoms with E-state index < -0.39 is 0 Å². The van der Waals surface area contributed by atoms with Crippen molar-refractivity contribution in [1.82, 2.24) is 0 Å². The molecule has 1 heterocycles. The van der Waals surface area contributed by atoms with Crippen molar-refractivity contribution in [2.45, 2.75) is 13.8 Å². The Labute approximate surface area is 61.6 Å². The van der Waals surface area contributed by atoms with Crippen LogP contribution in [0.5, 0.6) is 0 Å². The van der Waals surface area contributed by atoms with Crippen LogP contribution in [0.1, 0.15) is 13.8 Å². The van der Waals surface area contributed by atoms with Crippen molar-refractivity contribution in [2.24, 2.45) is 17.8 Å². The smallest absolute Gasteiger partial charge is 0.0947 e. The minimum absolute atomic E-state index is 0.142. The summed E-state index contributed by atoms with van der Waals surface area (Å²) < 4.78 is 17.4. The second-order valence-corrected chi connectivity index (χ2v) is 3.29. The van der Waals surface area contributed by atoms with Crippen molar-refractivity contribution in [3.05, 3.63) is 0 Å². The molecule has 0 aromatic heterocycles. The summed E-state index contributed by atoms with van der Waals surface area (Å²) >= 11 is 0. The minimum Gasteiger partial charge on any atom is -0.381 e. The molecule has 0 amide bonds. The minimum atomic E-state index is -0.231. The molecule has 2 heteroatoms. The predicted molar refractivity (Wildman–Crippen MR) is 38.6 cm³/mol. The van der Waals surface area contributed by atoms with Crippen LogP contribution in [0.2, 0.25) is 0 Å². The first-order chi connectivity index (χ1) is 4.75. The highest BCUT2D eigenvalue weighted by atomic mass is 19.1. The zero-order valence-electron chi connectivity index (χ0n) is 6.64. The number of ether oxygens (including phenoxy) is 1. The molecule has 0 spiro atoms. The van der Waals surface area contributed by atoms with Gasteiger partial charge in [-0.05, 0) is 11.8 Å². The van der Waals surface area contributed by atoms with Crippen LogP contribution in [0, 0.1) is 17.8 Å². The van der Waals surface area contributed by atoms with Gasteiger partial charge in [0.05, 0.1) is 13.3 Å². The summed E-state index contributed by atoms with van der Waals surface area (Å²) in [6.45, 7) is 5.41. The quantitative estimate of drug-likeness (QED) is 0.548. The molecule has 1 fully saturated rings. The summed E-state index contributed by atoms with van der Waals surface area (Å²) in [5.41, 5.74) is 0. The summed E-state index contributed by atoms with van der Waals surface area (Å²) in [7, 11) is 0. The molecule has 1 aliphatic heterocycles. The first-order valence-corrected chi connectivity index (χ1v) is 3.89. The van der Waals surface area contributed by atoms with E-state index in [0.29, 0.717) is 18.4 Å². The summed E-state index contributed by atoms with van der Waals surface area (Å²) in [5.74, 6) is 1.15. The van der Waals surface area contributed by atoms with Gasteiger partial charge in [0.15, 0.2) is 0 Å². The second-order valence-electron chi connectivity index (χ2n) is 3.29. The van der Waals surface area contributed by atoms with E-state index in [0.717, 1.165) is 6.61 Å². The van der Waals surface area contributed by atoms with Crippen LogP contribution in [-0.2, 0) is 4.74 Å². The lowest BCUT2D eigenvalue weighted by molar-refractivity contribution is -0.0240. The fourth-order valence-electron chi connectivity index (χ4n) is 1.36. The predicted octanol–water partition coefficient (Wildman–Crippen LogP) is 1.87. The number of rotatable bonds is 1. The average molecular weight is 146 g/mol. The number of halogens is 1. The maximum Gasteiger partial charge on any atom is 0.0947 e.